The fourth-order valence-electron chi connectivity index (χ4n) is 3.08. The highest BCUT2D eigenvalue weighted by Crippen LogP contribution is 2.31. The summed E-state index contributed by atoms with van der Waals surface area (Å²) < 4.78 is 0. The zero-order chi connectivity index (χ0) is 17.2. The summed E-state index contributed by atoms with van der Waals surface area (Å²) in [7, 11) is 0. The Kier molecular flexibility index (Phi) is 4.15. The number of nitrogens with one attached hydrogen (secondary N) is 1. The van der Waals surface area contributed by atoms with Crippen LogP contribution in [0.5, 0.6) is 0 Å². The average molecular weight is 352 g/mol. The van der Waals surface area contributed by atoms with E-state index in [1.165, 1.54) is 11.1 Å². The summed E-state index contributed by atoms with van der Waals surface area (Å²) in [5.74, 6) is 1.37. The van der Waals surface area contributed by atoms with E-state index in [1.54, 1.807) is 6.33 Å². The van der Waals surface area contributed by atoms with Crippen LogP contribution in [-0.2, 0) is 13.0 Å². The molecule has 3 aromatic rings. The SMILES string of the molecule is Nc1c(Nc2ccc(Cl)cc2)ncnc1N1CCc2ccccc2C1. The molecule has 0 fully saturated rings. The number of nitrogens with two attached hydrogens (primary N) is 1. The molecule has 0 unspecified atom stereocenters. The Labute approximate surface area is 151 Å². The van der Waals surface area contributed by atoms with Crippen LogP contribution >= 0.6 is 11.6 Å². The number of anilines is 4. The number of benzene rings is 2. The normalized spacial score (nSPS) is 13.4. The van der Waals surface area contributed by atoms with Crippen LogP contribution in [0.1, 0.15) is 11.1 Å². The van der Waals surface area contributed by atoms with Crippen molar-refractivity contribution in [3.63, 3.8) is 0 Å². The van der Waals surface area contributed by atoms with Crippen molar-refractivity contribution in [2.45, 2.75) is 13.0 Å². The van der Waals surface area contributed by atoms with Crippen molar-refractivity contribution in [1.82, 2.24) is 9.97 Å². The van der Waals surface area contributed by atoms with Gasteiger partial charge in [-0.1, -0.05) is 35.9 Å². The van der Waals surface area contributed by atoms with Gasteiger partial charge in [0.15, 0.2) is 11.6 Å². The summed E-state index contributed by atoms with van der Waals surface area (Å²) in [5, 5.41) is 3.93. The van der Waals surface area contributed by atoms with Gasteiger partial charge in [0, 0.05) is 23.8 Å². The third kappa shape index (κ3) is 3.23. The molecule has 1 aliphatic rings. The zero-order valence-corrected chi connectivity index (χ0v) is 14.4. The van der Waals surface area contributed by atoms with E-state index in [9.17, 15) is 0 Å². The summed E-state index contributed by atoms with van der Waals surface area (Å²) in [6.07, 6.45) is 2.53. The third-order valence-electron chi connectivity index (χ3n) is 4.40. The maximum Gasteiger partial charge on any atom is 0.159 e. The fourth-order valence-corrected chi connectivity index (χ4v) is 3.21. The number of rotatable bonds is 3. The van der Waals surface area contributed by atoms with Crippen LogP contribution in [0.4, 0.5) is 23.0 Å². The maximum atomic E-state index is 6.36. The number of hydrogen-bond acceptors (Lipinski definition) is 5. The highest BCUT2D eigenvalue weighted by Gasteiger charge is 2.20. The molecular formula is C19H18ClN5. The first-order chi connectivity index (χ1) is 12.2. The highest BCUT2D eigenvalue weighted by atomic mass is 35.5. The molecule has 5 nitrogen and oxygen atoms in total. The average Bonchev–Trinajstić information content (AvgIpc) is 2.65. The molecule has 0 amide bonds. The van der Waals surface area contributed by atoms with E-state index in [2.05, 4.69) is 44.5 Å². The van der Waals surface area contributed by atoms with E-state index in [0.717, 1.165) is 31.0 Å². The summed E-state index contributed by atoms with van der Waals surface area (Å²) in [5.41, 5.74) is 10.5. The molecule has 0 atom stereocenters. The molecule has 3 N–H and O–H groups in total. The first-order valence-electron chi connectivity index (χ1n) is 8.15. The Bertz CT molecular complexity index is 895. The van der Waals surface area contributed by atoms with Gasteiger partial charge < -0.3 is 16.0 Å². The second kappa shape index (κ2) is 6.61. The van der Waals surface area contributed by atoms with Crippen molar-refractivity contribution < 1.29 is 0 Å². The molecule has 0 bridgehead atoms. The summed E-state index contributed by atoms with van der Waals surface area (Å²) >= 11 is 5.93. The molecule has 2 aromatic carbocycles. The summed E-state index contributed by atoms with van der Waals surface area (Å²) in [6, 6.07) is 15.9. The Balaban J connectivity index is 1.60. The Hall–Kier alpha value is -2.79. The smallest absolute Gasteiger partial charge is 0.159 e. The quantitative estimate of drug-likeness (QED) is 0.746. The Morgan fingerprint density at radius 1 is 1.00 bits per heavy atom. The molecule has 2 heterocycles. The maximum absolute atomic E-state index is 6.36. The second-order valence-electron chi connectivity index (χ2n) is 6.03. The molecule has 1 aliphatic heterocycles. The Morgan fingerprint density at radius 3 is 2.56 bits per heavy atom. The predicted octanol–water partition coefficient (Wildman–Crippen LogP) is 4.02. The minimum absolute atomic E-state index is 0.553. The lowest BCUT2D eigenvalue weighted by Crippen LogP contribution is -2.31. The summed E-state index contributed by atoms with van der Waals surface area (Å²) in [6.45, 7) is 1.69. The van der Waals surface area contributed by atoms with Gasteiger partial charge in [0.05, 0.1) is 0 Å². The number of halogens is 1. The van der Waals surface area contributed by atoms with E-state index in [4.69, 9.17) is 17.3 Å². The van der Waals surface area contributed by atoms with E-state index in [0.29, 0.717) is 16.5 Å². The van der Waals surface area contributed by atoms with Crippen LogP contribution in [0.2, 0.25) is 5.02 Å². The standard InChI is InChI=1S/C19H18ClN5/c20-15-5-7-16(8-6-15)24-18-17(21)19(23-12-22-18)25-10-9-13-3-1-2-4-14(13)11-25/h1-8,12H,9-11,21H2,(H,22,23,24). The molecule has 0 radical (unpaired) electrons. The van der Waals surface area contributed by atoms with Crippen LogP contribution in [0.15, 0.2) is 54.9 Å². The van der Waals surface area contributed by atoms with Gasteiger partial charge in [-0.25, -0.2) is 9.97 Å². The lowest BCUT2D eigenvalue weighted by atomic mass is 10.00. The van der Waals surface area contributed by atoms with Gasteiger partial charge in [0.25, 0.3) is 0 Å². The molecular weight excluding hydrogens is 334 g/mol. The van der Waals surface area contributed by atoms with Crippen LogP contribution in [0.25, 0.3) is 0 Å². The molecule has 6 heteroatoms. The molecule has 4 rings (SSSR count). The molecule has 126 valence electrons. The number of hydrogen-bond donors (Lipinski definition) is 2. The van der Waals surface area contributed by atoms with Gasteiger partial charge >= 0.3 is 0 Å². The lowest BCUT2D eigenvalue weighted by molar-refractivity contribution is 0.721. The van der Waals surface area contributed by atoms with Crippen molar-refractivity contribution in [3.05, 3.63) is 71.0 Å². The fraction of sp³-hybridized carbons (Fsp3) is 0.158. The zero-order valence-electron chi connectivity index (χ0n) is 13.6. The van der Waals surface area contributed by atoms with Gasteiger partial charge in [-0.15, -0.1) is 0 Å². The first-order valence-corrected chi connectivity index (χ1v) is 8.53. The van der Waals surface area contributed by atoms with Gasteiger partial charge in [0.1, 0.15) is 12.0 Å². The largest absolute Gasteiger partial charge is 0.393 e. The first kappa shape index (κ1) is 15.7. The predicted molar refractivity (Wildman–Crippen MR) is 102 cm³/mol. The van der Waals surface area contributed by atoms with Crippen molar-refractivity contribution in [1.29, 1.82) is 0 Å². The molecule has 25 heavy (non-hydrogen) atoms. The van der Waals surface area contributed by atoms with Crippen LogP contribution in [0, 0.1) is 0 Å². The monoisotopic (exact) mass is 351 g/mol. The van der Waals surface area contributed by atoms with E-state index in [-0.39, 0.29) is 0 Å². The lowest BCUT2D eigenvalue weighted by Gasteiger charge is -2.30. The molecule has 0 spiro atoms. The van der Waals surface area contributed by atoms with Crippen molar-refractivity contribution in [2.75, 3.05) is 22.5 Å². The molecule has 0 saturated heterocycles. The second-order valence-corrected chi connectivity index (χ2v) is 6.47. The number of fused-ring (bicyclic) bond motifs is 1. The highest BCUT2D eigenvalue weighted by molar-refractivity contribution is 6.30. The van der Waals surface area contributed by atoms with Crippen molar-refractivity contribution >= 4 is 34.6 Å². The topological polar surface area (TPSA) is 67.1 Å². The van der Waals surface area contributed by atoms with Crippen LogP contribution in [0.3, 0.4) is 0 Å². The van der Waals surface area contributed by atoms with E-state index < -0.39 is 0 Å². The number of aromatic nitrogens is 2. The van der Waals surface area contributed by atoms with Gasteiger partial charge in [0.2, 0.25) is 0 Å². The van der Waals surface area contributed by atoms with Gasteiger partial charge in [-0.05, 0) is 41.8 Å². The van der Waals surface area contributed by atoms with E-state index in [1.807, 2.05) is 24.3 Å². The van der Waals surface area contributed by atoms with Crippen LogP contribution < -0.4 is 16.0 Å². The van der Waals surface area contributed by atoms with Gasteiger partial charge in [-0.2, -0.15) is 0 Å². The molecule has 0 aliphatic carbocycles. The Morgan fingerprint density at radius 2 is 1.76 bits per heavy atom. The van der Waals surface area contributed by atoms with Crippen LogP contribution in [-0.4, -0.2) is 16.5 Å². The minimum atomic E-state index is 0.553. The minimum Gasteiger partial charge on any atom is -0.393 e. The number of nitrogens with zero attached hydrogens (tertiary/aromatic N) is 3. The molecule has 0 saturated carbocycles. The van der Waals surface area contributed by atoms with E-state index >= 15 is 0 Å². The van der Waals surface area contributed by atoms with Gasteiger partial charge in [-0.3, -0.25) is 0 Å². The van der Waals surface area contributed by atoms with Crippen molar-refractivity contribution in [3.8, 4) is 0 Å². The summed E-state index contributed by atoms with van der Waals surface area (Å²) in [4.78, 5) is 10.9. The third-order valence-corrected chi connectivity index (χ3v) is 4.65. The number of nitrogen functional groups attached to an aromatic ring is 1. The molecule has 1 aromatic heterocycles. The van der Waals surface area contributed by atoms with Crippen molar-refractivity contribution in [2.24, 2.45) is 0 Å².